The average Bonchev–Trinajstić information content (AvgIpc) is 3.13. The SMILES string of the molecule is Cc1ccc(C(=O)NNC(=O)c2cccc(S(=O)(=O)N3CCOCC3)c2)s1. The van der Waals surface area contributed by atoms with E-state index in [0.717, 1.165) is 4.88 Å². The summed E-state index contributed by atoms with van der Waals surface area (Å²) in [6.07, 6.45) is 0. The van der Waals surface area contributed by atoms with Crippen molar-refractivity contribution in [3.05, 3.63) is 51.7 Å². The molecular weight excluding hydrogens is 390 g/mol. The standard InChI is InChI=1S/C17H19N3O5S2/c1-12-5-6-15(26-12)17(22)19-18-16(21)13-3-2-4-14(11-13)27(23,24)20-7-9-25-10-8-20/h2-6,11H,7-10H2,1H3,(H,18,21)(H,19,22). The predicted molar refractivity (Wildman–Crippen MR) is 100 cm³/mol. The number of hydrogen-bond acceptors (Lipinski definition) is 6. The number of nitrogens with zero attached hydrogens (tertiary/aromatic N) is 1. The number of thiophene rings is 1. The molecule has 1 aliphatic rings. The topological polar surface area (TPSA) is 105 Å². The third-order valence-electron chi connectivity index (χ3n) is 3.96. The molecule has 0 saturated carbocycles. The number of morpholine rings is 1. The Morgan fingerprint density at radius 1 is 1.07 bits per heavy atom. The zero-order valence-electron chi connectivity index (χ0n) is 14.6. The van der Waals surface area contributed by atoms with Crippen LogP contribution in [0, 0.1) is 6.92 Å². The van der Waals surface area contributed by atoms with Crippen molar-refractivity contribution < 1.29 is 22.7 Å². The van der Waals surface area contributed by atoms with Gasteiger partial charge in [0.2, 0.25) is 10.0 Å². The van der Waals surface area contributed by atoms with Crippen LogP contribution in [0.5, 0.6) is 0 Å². The Bertz CT molecular complexity index is 949. The van der Waals surface area contributed by atoms with E-state index in [2.05, 4.69) is 10.9 Å². The van der Waals surface area contributed by atoms with Crippen molar-refractivity contribution in [3.63, 3.8) is 0 Å². The van der Waals surface area contributed by atoms with Crippen LogP contribution in [-0.4, -0.2) is 50.8 Å². The summed E-state index contributed by atoms with van der Waals surface area (Å²) in [5, 5.41) is 0. The average molecular weight is 409 g/mol. The summed E-state index contributed by atoms with van der Waals surface area (Å²) in [6.45, 7) is 3.10. The minimum Gasteiger partial charge on any atom is -0.379 e. The van der Waals surface area contributed by atoms with Gasteiger partial charge in [-0.1, -0.05) is 6.07 Å². The number of hydrazine groups is 1. The number of rotatable bonds is 4. The van der Waals surface area contributed by atoms with E-state index in [-0.39, 0.29) is 23.5 Å². The summed E-state index contributed by atoms with van der Waals surface area (Å²) in [7, 11) is -3.70. The summed E-state index contributed by atoms with van der Waals surface area (Å²) in [5.41, 5.74) is 4.76. The molecule has 2 heterocycles. The van der Waals surface area contributed by atoms with E-state index >= 15 is 0 Å². The van der Waals surface area contributed by atoms with Crippen molar-refractivity contribution in [3.8, 4) is 0 Å². The highest BCUT2D eigenvalue weighted by Crippen LogP contribution is 2.18. The Morgan fingerprint density at radius 2 is 1.78 bits per heavy atom. The van der Waals surface area contributed by atoms with Crippen LogP contribution >= 0.6 is 11.3 Å². The van der Waals surface area contributed by atoms with Crippen molar-refractivity contribution in [1.29, 1.82) is 0 Å². The molecule has 0 radical (unpaired) electrons. The van der Waals surface area contributed by atoms with Crippen LogP contribution in [0.25, 0.3) is 0 Å². The number of amides is 2. The van der Waals surface area contributed by atoms with Gasteiger partial charge in [-0.15, -0.1) is 11.3 Å². The molecule has 27 heavy (non-hydrogen) atoms. The first kappa shape index (κ1) is 19.5. The lowest BCUT2D eigenvalue weighted by molar-refractivity contribution is 0.0730. The summed E-state index contributed by atoms with van der Waals surface area (Å²) >= 11 is 1.31. The Morgan fingerprint density at radius 3 is 2.44 bits per heavy atom. The van der Waals surface area contributed by atoms with Gasteiger partial charge in [0, 0.05) is 23.5 Å². The summed E-state index contributed by atoms with van der Waals surface area (Å²) in [5.74, 6) is -1.03. The van der Waals surface area contributed by atoms with Crippen LogP contribution in [-0.2, 0) is 14.8 Å². The highest BCUT2D eigenvalue weighted by Gasteiger charge is 2.26. The van der Waals surface area contributed by atoms with Crippen molar-refractivity contribution in [2.24, 2.45) is 0 Å². The van der Waals surface area contributed by atoms with Gasteiger partial charge >= 0.3 is 0 Å². The normalized spacial score (nSPS) is 15.3. The third kappa shape index (κ3) is 4.53. The fraction of sp³-hybridized carbons (Fsp3) is 0.294. The van der Waals surface area contributed by atoms with Crippen LogP contribution < -0.4 is 10.9 Å². The van der Waals surface area contributed by atoms with E-state index in [4.69, 9.17) is 4.74 Å². The fourth-order valence-electron chi connectivity index (χ4n) is 2.54. The monoisotopic (exact) mass is 409 g/mol. The molecule has 1 aliphatic heterocycles. The molecule has 1 fully saturated rings. The largest absolute Gasteiger partial charge is 0.379 e. The van der Waals surface area contributed by atoms with Crippen molar-refractivity contribution in [1.82, 2.24) is 15.2 Å². The van der Waals surface area contributed by atoms with Gasteiger partial charge in [-0.3, -0.25) is 20.4 Å². The molecule has 2 aromatic rings. The van der Waals surface area contributed by atoms with Gasteiger partial charge in [0.15, 0.2) is 0 Å². The maximum Gasteiger partial charge on any atom is 0.279 e. The van der Waals surface area contributed by atoms with Crippen LogP contribution in [0.4, 0.5) is 0 Å². The van der Waals surface area contributed by atoms with Crippen LogP contribution in [0.15, 0.2) is 41.3 Å². The molecule has 0 atom stereocenters. The number of benzene rings is 1. The Hall–Kier alpha value is -2.27. The molecule has 2 N–H and O–H groups in total. The maximum absolute atomic E-state index is 12.7. The molecule has 0 spiro atoms. The number of nitrogens with one attached hydrogen (secondary N) is 2. The van der Waals surface area contributed by atoms with Gasteiger partial charge in [0.25, 0.3) is 11.8 Å². The van der Waals surface area contributed by atoms with Gasteiger partial charge in [0.1, 0.15) is 0 Å². The second-order valence-corrected chi connectivity index (χ2v) is 9.09. The lowest BCUT2D eigenvalue weighted by Crippen LogP contribution is -2.42. The number of carbonyl (C=O) groups excluding carboxylic acids is 2. The minimum atomic E-state index is -3.70. The lowest BCUT2D eigenvalue weighted by Gasteiger charge is -2.26. The molecule has 2 amide bonds. The molecule has 0 bridgehead atoms. The van der Waals surface area contributed by atoms with Gasteiger partial charge in [0.05, 0.1) is 23.0 Å². The Balaban J connectivity index is 1.69. The van der Waals surface area contributed by atoms with E-state index in [1.807, 2.05) is 6.92 Å². The molecule has 3 rings (SSSR count). The van der Waals surface area contributed by atoms with E-state index in [0.29, 0.717) is 18.1 Å². The van der Waals surface area contributed by atoms with E-state index in [9.17, 15) is 18.0 Å². The van der Waals surface area contributed by atoms with Crippen LogP contribution in [0.1, 0.15) is 24.9 Å². The first-order chi connectivity index (χ1) is 12.9. The quantitative estimate of drug-likeness (QED) is 0.737. The number of ether oxygens (including phenoxy) is 1. The fourth-order valence-corrected chi connectivity index (χ4v) is 4.75. The summed E-state index contributed by atoms with van der Waals surface area (Å²) in [4.78, 5) is 25.8. The zero-order chi connectivity index (χ0) is 19.4. The Labute approximate surface area is 161 Å². The summed E-state index contributed by atoms with van der Waals surface area (Å²) < 4.78 is 31.9. The first-order valence-corrected chi connectivity index (χ1v) is 10.5. The molecule has 8 nitrogen and oxygen atoms in total. The molecule has 0 aliphatic carbocycles. The van der Waals surface area contributed by atoms with Gasteiger partial charge in [-0.25, -0.2) is 8.42 Å². The number of carbonyl (C=O) groups is 2. The zero-order valence-corrected chi connectivity index (χ0v) is 16.2. The van der Waals surface area contributed by atoms with E-state index in [1.54, 1.807) is 12.1 Å². The molecule has 1 saturated heterocycles. The molecule has 1 aromatic carbocycles. The second kappa shape index (κ2) is 8.17. The molecule has 10 heteroatoms. The van der Waals surface area contributed by atoms with Gasteiger partial charge < -0.3 is 4.74 Å². The lowest BCUT2D eigenvalue weighted by atomic mass is 10.2. The summed E-state index contributed by atoms with van der Waals surface area (Å²) in [6, 6.07) is 9.18. The van der Waals surface area contributed by atoms with E-state index < -0.39 is 21.8 Å². The predicted octanol–water partition coefficient (Wildman–Crippen LogP) is 1.15. The Kier molecular flexibility index (Phi) is 5.90. The highest BCUT2D eigenvalue weighted by molar-refractivity contribution is 7.89. The van der Waals surface area contributed by atoms with E-state index in [1.165, 1.54) is 39.9 Å². The van der Waals surface area contributed by atoms with Gasteiger partial charge in [-0.05, 0) is 37.3 Å². The van der Waals surface area contributed by atoms with Crippen molar-refractivity contribution in [2.45, 2.75) is 11.8 Å². The first-order valence-electron chi connectivity index (χ1n) is 8.23. The van der Waals surface area contributed by atoms with Gasteiger partial charge in [-0.2, -0.15) is 4.31 Å². The maximum atomic E-state index is 12.7. The molecule has 1 aromatic heterocycles. The van der Waals surface area contributed by atoms with Crippen molar-refractivity contribution >= 4 is 33.2 Å². The van der Waals surface area contributed by atoms with Crippen LogP contribution in [0.2, 0.25) is 0 Å². The second-order valence-electron chi connectivity index (χ2n) is 5.86. The minimum absolute atomic E-state index is 0.0252. The molecule has 144 valence electrons. The van der Waals surface area contributed by atoms with Crippen molar-refractivity contribution in [2.75, 3.05) is 26.3 Å². The number of sulfonamides is 1. The highest BCUT2D eigenvalue weighted by atomic mass is 32.2. The third-order valence-corrected chi connectivity index (χ3v) is 6.85. The smallest absolute Gasteiger partial charge is 0.279 e. The molecular formula is C17H19N3O5S2. The molecule has 0 unspecified atom stereocenters. The number of aryl methyl sites for hydroxylation is 1. The van der Waals surface area contributed by atoms with Crippen LogP contribution in [0.3, 0.4) is 0 Å². The number of hydrogen-bond donors (Lipinski definition) is 2.